The Labute approximate surface area is 154 Å². The Morgan fingerprint density at radius 2 is 2.00 bits per heavy atom. The number of benzene rings is 1. The molecule has 3 rings (SSSR count). The third kappa shape index (κ3) is 4.75. The number of hydrazine groups is 1. The molecule has 26 heavy (non-hydrogen) atoms. The number of sulfone groups is 1. The maximum absolute atomic E-state index is 12.2. The number of carbonyl (C=O) groups excluding carboxylic acids is 2. The predicted molar refractivity (Wildman–Crippen MR) is 99.4 cm³/mol. The molecule has 1 atom stereocenters. The van der Waals surface area contributed by atoms with Gasteiger partial charge >= 0.3 is 0 Å². The van der Waals surface area contributed by atoms with Gasteiger partial charge in [0.25, 0.3) is 5.91 Å². The maximum Gasteiger partial charge on any atom is 0.257 e. The molecule has 1 aromatic rings. The van der Waals surface area contributed by atoms with Crippen molar-refractivity contribution in [1.29, 1.82) is 0 Å². The number of aryl methyl sites for hydroxylation is 2. The molecular weight excluding hydrogens is 354 g/mol. The van der Waals surface area contributed by atoms with Crippen LogP contribution in [0.25, 0.3) is 0 Å². The van der Waals surface area contributed by atoms with Crippen molar-refractivity contribution in [3.63, 3.8) is 0 Å². The Kier molecular flexibility index (Phi) is 5.50. The van der Waals surface area contributed by atoms with E-state index in [4.69, 9.17) is 0 Å². The molecular formula is C18H25N3O4S. The molecule has 1 saturated heterocycles. The van der Waals surface area contributed by atoms with Crippen LogP contribution < -0.4 is 15.8 Å². The Bertz CT molecular complexity index is 807. The molecule has 142 valence electrons. The average molecular weight is 379 g/mol. The van der Waals surface area contributed by atoms with E-state index in [1.807, 2.05) is 17.0 Å². The standard InChI is InChI=1S/C18H25N3O4S/c1-13-4-5-16-15(9-13)3-2-7-21(16)11-18(23)20-19-17(22)10-14-6-8-26(24,25)12-14/h4-5,9,14H,2-3,6-8,10-12H2,1H3,(H,19,22)(H,20,23). The van der Waals surface area contributed by atoms with E-state index >= 15 is 0 Å². The van der Waals surface area contributed by atoms with E-state index in [1.165, 1.54) is 11.1 Å². The van der Waals surface area contributed by atoms with Gasteiger partial charge in [0.15, 0.2) is 9.84 Å². The molecule has 2 aliphatic heterocycles. The highest BCUT2D eigenvalue weighted by Crippen LogP contribution is 2.27. The number of rotatable bonds is 4. The van der Waals surface area contributed by atoms with Crippen LogP contribution in [0.15, 0.2) is 18.2 Å². The van der Waals surface area contributed by atoms with Crippen molar-refractivity contribution >= 4 is 27.3 Å². The summed E-state index contributed by atoms with van der Waals surface area (Å²) in [5, 5.41) is 0. The minimum Gasteiger partial charge on any atom is -0.362 e. The van der Waals surface area contributed by atoms with Gasteiger partial charge in [-0.2, -0.15) is 0 Å². The summed E-state index contributed by atoms with van der Waals surface area (Å²) in [5.41, 5.74) is 8.36. The summed E-state index contributed by atoms with van der Waals surface area (Å²) in [5.74, 6) is -0.598. The highest BCUT2D eigenvalue weighted by atomic mass is 32.2. The molecule has 0 spiro atoms. The first kappa shape index (κ1) is 18.7. The van der Waals surface area contributed by atoms with E-state index in [2.05, 4.69) is 23.8 Å². The minimum atomic E-state index is -3.00. The number of nitrogens with one attached hydrogen (secondary N) is 2. The first-order chi connectivity index (χ1) is 12.3. The van der Waals surface area contributed by atoms with E-state index < -0.39 is 9.84 Å². The molecule has 2 N–H and O–H groups in total. The van der Waals surface area contributed by atoms with Gasteiger partial charge in [0.05, 0.1) is 18.1 Å². The van der Waals surface area contributed by atoms with Crippen molar-refractivity contribution in [3.8, 4) is 0 Å². The van der Waals surface area contributed by atoms with Gasteiger partial charge in [-0.3, -0.25) is 20.4 Å². The lowest BCUT2D eigenvalue weighted by molar-refractivity contribution is -0.128. The van der Waals surface area contributed by atoms with Crippen LogP contribution in [0.4, 0.5) is 5.69 Å². The van der Waals surface area contributed by atoms with E-state index in [0.29, 0.717) is 6.42 Å². The molecule has 0 saturated carbocycles. The second-order valence-corrected chi connectivity index (χ2v) is 9.46. The number of hydrogen-bond acceptors (Lipinski definition) is 5. The van der Waals surface area contributed by atoms with Gasteiger partial charge in [-0.05, 0) is 43.7 Å². The molecule has 0 aromatic heterocycles. The van der Waals surface area contributed by atoms with Gasteiger partial charge in [0, 0.05) is 18.7 Å². The molecule has 1 unspecified atom stereocenters. The monoisotopic (exact) mass is 379 g/mol. The van der Waals surface area contributed by atoms with Crippen molar-refractivity contribution < 1.29 is 18.0 Å². The van der Waals surface area contributed by atoms with Gasteiger partial charge in [-0.1, -0.05) is 17.7 Å². The molecule has 1 aromatic carbocycles. The highest BCUT2D eigenvalue weighted by molar-refractivity contribution is 7.91. The summed E-state index contributed by atoms with van der Waals surface area (Å²) in [6, 6.07) is 6.22. The lowest BCUT2D eigenvalue weighted by atomic mass is 9.99. The van der Waals surface area contributed by atoms with Crippen LogP contribution >= 0.6 is 0 Å². The number of amides is 2. The zero-order valence-corrected chi connectivity index (χ0v) is 15.8. The smallest absolute Gasteiger partial charge is 0.257 e. The quantitative estimate of drug-likeness (QED) is 0.752. The number of anilines is 1. The molecule has 0 aliphatic carbocycles. The summed E-state index contributed by atoms with van der Waals surface area (Å²) in [7, 11) is -3.00. The number of carbonyl (C=O) groups is 2. The zero-order chi connectivity index (χ0) is 18.7. The van der Waals surface area contributed by atoms with Crippen LogP contribution in [0.5, 0.6) is 0 Å². The summed E-state index contributed by atoms with van der Waals surface area (Å²) in [4.78, 5) is 26.1. The normalized spacial score (nSPS) is 21.1. The molecule has 8 heteroatoms. The zero-order valence-electron chi connectivity index (χ0n) is 15.0. The third-order valence-corrected chi connectivity index (χ3v) is 6.76. The Balaban J connectivity index is 1.47. The van der Waals surface area contributed by atoms with Crippen LogP contribution in [-0.2, 0) is 25.8 Å². The van der Waals surface area contributed by atoms with Crippen LogP contribution in [0.1, 0.15) is 30.4 Å². The SMILES string of the molecule is Cc1ccc2c(c1)CCCN2CC(=O)NNC(=O)CC1CCS(=O)(=O)C1. The first-order valence-corrected chi connectivity index (χ1v) is 10.8. The molecule has 0 radical (unpaired) electrons. The Hall–Kier alpha value is -2.09. The second kappa shape index (κ2) is 7.65. The lowest BCUT2D eigenvalue weighted by Crippen LogP contribution is -2.47. The fourth-order valence-corrected chi connectivity index (χ4v) is 5.53. The number of hydrogen-bond donors (Lipinski definition) is 2. The van der Waals surface area contributed by atoms with Crippen LogP contribution in [-0.4, -0.2) is 44.8 Å². The van der Waals surface area contributed by atoms with Gasteiger partial charge in [0.2, 0.25) is 5.91 Å². The first-order valence-electron chi connectivity index (χ1n) is 8.95. The Morgan fingerprint density at radius 3 is 2.73 bits per heavy atom. The number of fused-ring (bicyclic) bond motifs is 1. The van der Waals surface area contributed by atoms with Gasteiger partial charge < -0.3 is 4.90 Å². The van der Waals surface area contributed by atoms with Crippen LogP contribution in [0.2, 0.25) is 0 Å². The molecule has 2 heterocycles. The maximum atomic E-state index is 12.2. The van der Waals surface area contributed by atoms with Crippen molar-refractivity contribution in [2.45, 2.75) is 32.6 Å². The molecule has 0 bridgehead atoms. The molecule has 7 nitrogen and oxygen atoms in total. The second-order valence-electron chi connectivity index (χ2n) is 7.23. The summed E-state index contributed by atoms with van der Waals surface area (Å²) < 4.78 is 22.8. The van der Waals surface area contributed by atoms with Gasteiger partial charge in [0.1, 0.15) is 0 Å². The van der Waals surface area contributed by atoms with Gasteiger partial charge in [-0.15, -0.1) is 0 Å². The van der Waals surface area contributed by atoms with Crippen LogP contribution in [0, 0.1) is 12.8 Å². The fourth-order valence-electron chi connectivity index (χ4n) is 3.67. The van der Waals surface area contributed by atoms with E-state index in [1.54, 1.807) is 0 Å². The van der Waals surface area contributed by atoms with Crippen molar-refractivity contribution in [2.75, 3.05) is 29.5 Å². The van der Waals surface area contributed by atoms with Gasteiger partial charge in [-0.25, -0.2) is 8.42 Å². The molecule has 2 aliphatic rings. The topological polar surface area (TPSA) is 95.6 Å². The fraction of sp³-hybridized carbons (Fsp3) is 0.556. The molecule has 2 amide bonds. The van der Waals surface area contributed by atoms with E-state index in [0.717, 1.165) is 25.1 Å². The largest absolute Gasteiger partial charge is 0.362 e. The molecule has 1 fully saturated rings. The van der Waals surface area contributed by atoms with Crippen molar-refractivity contribution in [3.05, 3.63) is 29.3 Å². The number of nitrogens with zero attached hydrogens (tertiary/aromatic N) is 1. The average Bonchev–Trinajstić information content (AvgIpc) is 2.91. The predicted octanol–water partition coefficient (Wildman–Crippen LogP) is 0.720. The summed E-state index contributed by atoms with van der Waals surface area (Å²) >= 11 is 0. The van der Waals surface area contributed by atoms with Crippen molar-refractivity contribution in [2.24, 2.45) is 5.92 Å². The van der Waals surface area contributed by atoms with Crippen LogP contribution in [0.3, 0.4) is 0 Å². The third-order valence-electron chi connectivity index (χ3n) is 4.93. The van der Waals surface area contributed by atoms with E-state index in [9.17, 15) is 18.0 Å². The lowest BCUT2D eigenvalue weighted by Gasteiger charge is -2.31. The summed E-state index contributed by atoms with van der Waals surface area (Å²) in [6.07, 6.45) is 2.63. The Morgan fingerprint density at radius 1 is 1.23 bits per heavy atom. The minimum absolute atomic E-state index is 0.0539. The van der Waals surface area contributed by atoms with Crippen molar-refractivity contribution in [1.82, 2.24) is 10.9 Å². The highest BCUT2D eigenvalue weighted by Gasteiger charge is 2.29. The summed E-state index contributed by atoms with van der Waals surface area (Å²) in [6.45, 7) is 3.03. The van der Waals surface area contributed by atoms with E-state index in [-0.39, 0.29) is 42.2 Å².